The van der Waals surface area contributed by atoms with Crippen molar-refractivity contribution in [1.82, 2.24) is 9.99 Å². The zero-order valence-corrected chi connectivity index (χ0v) is 19.0. The van der Waals surface area contributed by atoms with Crippen LogP contribution in [0.2, 0.25) is 5.02 Å². The van der Waals surface area contributed by atoms with Gasteiger partial charge in [0, 0.05) is 12.4 Å². The fraction of sp³-hybridized carbons (Fsp3) is 0.0769. The van der Waals surface area contributed by atoms with Crippen molar-refractivity contribution in [2.75, 3.05) is 7.11 Å². The standard InChI is InChI=1S/C26H21ClFN3O3/c1-33-24-15-19(14-22(27)25(24)34-17-18-8-10-20(28)11-9-18)16-29-30-26(32)21-6-2-3-7-23(21)31-12-4-5-13-31/h2-16H,17H2,1H3,(H,30,32)/b29-16-. The maximum atomic E-state index is 13.1. The van der Waals surface area contributed by atoms with E-state index in [1.807, 2.05) is 41.2 Å². The summed E-state index contributed by atoms with van der Waals surface area (Å²) in [5.41, 5.74) is 5.16. The highest BCUT2D eigenvalue weighted by Gasteiger charge is 2.13. The molecule has 0 aliphatic rings. The molecular formula is C26H21ClFN3O3. The number of nitrogens with one attached hydrogen (secondary N) is 1. The van der Waals surface area contributed by atoms with Crippen LogP contribution in [0.4, 0.5) is 4.39 Å². The summed E-state index contributed by atoms with van der Waals surface area (Å²) in [7, 11) is 1.50. The van der Waals surface area contributed by atoms with Crippen LogP contribution >= 0.6 is 11.6 Å². The Morgan fingerprint density at radius 3 is 2.56 bits per heavy atom. The zero-order valence-electron chi connectivity index (χ0n) is 18.2. The lowest BCUT2D eigenvalue weighted by Crippen LogP contribution is -2.19. The molecule has 0 saturated heterocycles. The molecule has 1 aromatic heterocycles. The minimum Gasteiger partial charge on any atom is -0.493 e. The topological polar surface area (TPSA) is 64.8 Å². The van der Waals surface area contributed by atoms with Crippen LogP contribution in [0.25, 0.3) is 5.69 Å². The predicted molar refractivity (Wildman–Crippen MR) is 130 cm³/mol. The number of rotatable bonds is 8. The maximum Gasteiger partial charge on any atom is 0.273 e. The molecule has 0 fully saturated rings. The van der Waals surface area contributed by atoms with Crippen LogP contribution in [0.15, 0.2) is 90.3 Å². The molecule has 4 aromatic rings. The summed E-state index contributed by atoms with van der Waals surface area (Å²) in [5.74, 6) is 0.0943. The fourth-order valence-electron chi connectivity index (χ4n) is 3.30. The zero-order chi connectivity index (χ0) is 23.9. The van der Waals surface area contributed by atoms with Gasteiger partial charge in [-0.25, -0.2) is 9.82 Å². The van der Waals surface area contributed by atoms with Crippen LogP contribution < -0.4 is 14.9 Å². The van der Waals surface area contributed by atoms with E-state index in [2.05, 4.69) is 10.5 Å². The Morgan fingerprint density at radius 1 is 1.09 bits per heavy atom. The number of amides is 1. The van der Waals surface area contributed by atoms with Crippen molar-refractivity contribution < 1.29 is 18.7 Å². The number of halogens is 2. The number of nitrogens with zero attached hydrogens (tertiary/aromatic N) is 2. The van der Waals surface area contributed by atoms with Crippen molar-refractivity contribution in [3.8, 4) is 17.2 Å². The van der Waals surface area contributed by atoms with E-state index in [-0.39, 0.29) is 18.3 Å². The van der Waals surface area contributed by atoms with Gasteiger partial charge in [-0.3, -0.25) is 4.79 Å². The van der Waals surface area contributed by atoms with Gasteiger partial charge >= 0.3 is 0 Å². The Hall–Kier alpha value is -4.10. The molecule has 6 nitrogen and oxygen atoms in total. The first kappa shape index (κ1) is 23.1. The molecule has 3 aromatic carbocycles. The molecule has 0 aliphatic heterocycles. The van der Waals surface area contributed by atoms with Crippen molar-refractivity contribution in [2.45, 2.75) is 6.61 Å². The van der Waals surface area contributed by atoms with Gasteiger partial charge in [0.05, 0.1) is 29.6 Å². The molecule has 4 rings (SSSR count). The smallest absolute Gasteiger partial charge is 0.273 e. The monoisotopic (exact) mass is 477 g/mol. The average molecular weight is 478 g/mol. The van der Waals surface area contributed by atoms with Crippen molar-refractivity contribution in [2.24, 2.45) is 5.10 Å². The molecule has 0 radical (unpaired) electrons. The van der Waals surface area contributed by atoms with E-state index >= 15 is 0 Å². The highest BCUT2D eigenvalue weighted by atomic mass is 35.5. The van der Waals surface area contributed by atoms with Gasteiger partial charge in [-0.2, -0.15) is 5.10 Å². The first-order valence-electron chi connectivity index (χ1n) is 10.4. The minimum atomic E-state index is -0.349. The molecule has 0 saturated carbocycles. The molecule has 1 N–H and O–H groups in total. The molecule has 1 heterocycles. The van der Waals surface area contributed by atoms with Gasteiger partial charge < -0.3 is 14.0 Å². The highest BCUT2D eigenvalue weighted by Crippen LogP contribution is 2.36. The molecule has 8 heteroatoms. The number of hydrogen-bond donors (Lipinski definition) is 1. The number of carbonyl (C=O) groups is 1. The Bertz CT molecular complexity index is 1310. The largest absolute Gasteiger partial charge is 0.493 e. The van der Waals surface area contributed by atoms with Gasteiger partial charge in [0.15, 0.2) is 11.5 Å². The Labute approximate surface area is 201 Å². The molecule has 0 unspecified atom stereocenters. The van der Waals surface area contributed by atoms with E-state index in [4.69, 9.17) is 21.1 Å². The van der Waals surface area contributed by atoms with Crippen LogP contribution in [0.3, 0.4) is 0 Å². The quantitative estimate of drug-likeness (QED) is 0.264. The summed E-state index contributed by atoms with van der Waals surface area (Å²) < 4.78 is 26.1. The van der Waals surface area contributed by atoms with E-state index in [0.717, 1.165) is 11.3 Å². The summed E-state index contributed by atoms with van der Waals surface area (Å²) in [6.45, 7) is 0.195. The lowest BCUT2D eigenvalue weighted by atomic mass is 10.1. The third-order valence-electron chi connectivity index (χ3n) is 4.96. The number of carbonyl (C=O) groups excluding carboxylic acids is 1. The SMILES string of the molecule is COc1cc(/C=N\NC(=O)c2ccccc2-n2cccc2)cc(Cl)c1OCc1ccc(F)cc1. The molecule has 0 atom stereocenters. The normalized spacial score (nSPS) is 10.9. The second-order valence-corrected chi connectivity index (χ2v) is 7.66. The second-order valence-electron chi connectivity index (χ2n) is 7.26. The van der Waals surface area contributed by atoms with Gasteiger partial charge in [-0.05, 0) is 59.7 Å². The third-order valence-corrected chi connectivity index (χ3v) is 5.24. The summed E-state index contributed by atoms with van der Waals surface area (Å²) in [4.78, 5) is 12.7. The van der Waals surface area contributed by atoms with Gasteiger partial charge in [-0.1, -0.05) is 35.9 Å². The number of para-hydroxylation sites is 1. The molecule has 1 amide bonds. The molecule has 0 spiro atoms. The Balaban J connectivity index is 1.46. The number of benzene rings is 3. The number of ether oxygens (including phenoxy) is 2. The lowest BCUT2D eigenvalue weighted by molar-refractivity contribution is 0.0955. The van der Waals surface area contributed by atoms with E-state index in [1.165, 1.54) is 25.5 Å². The summed E-state index contributed by atoms with van der Waals surface area (Å²) in [5, 5.41) is 4.38. The maximum absolute atomic E-state index is 13.1. The van der Waals surface area contributed by atoms with Crippen LogP contribution in [0.5, 0.6) is 11.5 Å². The van der Waals surface area contributed by atoms with Crippen molar-refractivity contribution in [1.29, 1.82) is 0 Å². The minimum absolute atomic E-state index is 0.195. The van der Waals surface area contributed by atoms with E-state index < -0.39 is 0 Å². The summed E-state index contributed by atoms with van der Waals surface area (Å²) >= 11 is 6.40. The average Bonchev–Trinajstić information content (AvgIpc) is 3.39. The van der Waals surface area contributed by atoms with Crippen LogP contribution in [0, 0.1) is 5.82 Å². The number of hydrogen-bond acceptors (Lipinski definition) is 4. The van der Waals surface area contributed by atoms with Gasteiger partial charge in [-0.15, -0.1) is 0 Å². The van der Waals surface area contributed by atoms with Crippen LogP contribution in [-0.2, 0) is 6.61 Å². The van der Waals surface area contributed by atoms with Crippen molar-refractivity contribution in [3.63, 3.8) is 0 Å². The first-order valence-corrected chi connectivity index (χ1v) is 10.7. The second kappa shape index (κ2) is 10.7. The number of methoxy groups -OCH3 is 1. The van der Waals surface area contributed by atoms with E-state index in [9.17, 15) is 9.18 Å². The summed E-state index contributed by atoms with van der Waals surface area (Å²) in [6.07, 6.45) is 5.20. The number of hydrazone groups is 1. The highest BCUT2D eigenvalue weighted by molar-refractivity contribution is 6.32. The van der Waals surface area contributed by atoms with E-state index in [1.54, 1.807) is 36.4 Å². The molecular weight excluding hydrogens is 457 g/mol. The van der Waals surface area contributed by atoms with Crippen LogP contribution in [0.1, 0.15) is 21.5 Å². The van der Waals surface area contributed by atoms with E-state index in [0.29, 0.717) is 27.6 Å². The molecule has 0 bridgehead atoms. The van der Waals surface area contributed by atoms with Crippen molar-refractivity contribution in [3.05, 3.63) is 113 Å². The van der Waals surface area contributed by atoms with Crippen molar-refractivity contribution >= 4 is 23.7 Å². The summed E-state index contributed by atoms with van der Waals surface area (Å²) in [6, 6.07) is 20.3. The van der Waals surface area contributed by atoms with Gasteiger partial charge in [0.25, 0.3) is 5.91 Å². The fourth-order valence-corrected chi connectivity index (χ4v) is 3.58. The molecule has 34 heavy (non-hydrogen) atoms. The molecule has 0 aliphatic carbocycles. The third kappa shape index (κ3) is 5.44. The van der Waals surface area contributed by atoms with Gasteiger partial charge in [0.2, 0.25) is 0 Å². The Morgan fingerprint density at radius 2 is 1.82 bits per heavy atom. The Kier molecular flexibility index (Phi) is 7.25. The number of aromatic nitrogens is 1. The predicted octanol–water partition coefficient (Wildman–Crippen LogP) is 5.62. The van der Waals surface area contributed by atoms with Gasteiger partial charge in [0.1, 0.15) is 12.4 Å². The molecule has 172 valence electrons. The lowest BCUT2D eigenvalue weighted by Gasteiger charge is -2.13. The first-order chi connectivity index (χ1) is 16.5. The van der Waals surface area contributed by atoms with Crippen LogP contribution in [-0.4, -0.2) is 23.8 Å².